The molecule has 0 bridgehead atoms. The summed E-state index contributed by atoms with van der Waals surface area (Å²) < 4.78 is 0. The first-order chi connectivity index (χ1) is 10.5. The molecule has 2 heteroatoms. The van der Waals surface area contributed by atoms with Gasteiger partial charge in [0.05, 0.1) is 5.41 Å². The van der Waals surface area contributed by atoms with E-state index in [0.717, 1.165) is 17.5 Å². The van der Waals surface area contributed by atoms with Gasteiger partial charge < -0.3 is 4.90 Å². The maximum Gasteiger partial charge on any atom is 0.144 e. The Hall–Kier alpha value is -1.93. The predicted octanol–water partition coefficient (Wildman–Crippen LogP) is 3.90. The van der Waals surface area contributed by atoms with Gasteiger partial charge in [-0.05, 0) is 45.5 Å². The number of ketones is 1. The van der Waals surface area contributed by atoms with Crippen molar-refractivity contribution in [3.63, 3.8) is 0 Å². The van der Waals surface area contributed by atoms with E-state index < -0.39 is 5.41 Å². The first-order valence-electron chi connectivity index (χ1n) is 7.77. The zero-order valence-electron chi connectivity index (χ0n) is 13.9. The van der Waals surface area contributed by atoms with E-state index in [1.165, 1.54) is 0 Å². The van der Waals surface area contributed by atoms with Crippen LogP contribution < -0.4 is 0 Å². The van der Waals surface area contributed by atoms with Gasteiger partial charge in [-0.25, -0.2) is 0 Å². The molecule has 0 saturated carbocycles. The molecule has 2 rings (SSSR count). The summed E-state index contributed by atoms with van der Waals surface area (Å²) >= 11 is 0. The Morgan fingerprint density at radius 3 is 1.68 bits per heavy atom. The van der Waals surface area contributed by atoms with Crippen molar-refractivity contribution < 1.29 is 4.79 Å². The molecule has 0 radical (unpaired) electrons. The van der Waals surface area contributed by atoms with Gasteiger partial charge in [0.15, 0.2) is 0 Å². The Bertz CT molecular complexity index is 565. The van der Waals surface area contributed by atoms with Crippen molar-refractivity contribution in [2.75, 3.05) is 14.1 Å². The third-order valence-electron chi connectivity index (χ3n) is 4.62. The number of hydrogen-bond donors (Lipinski definition) is 0. The third kappa shape index (κ3) is 3.12. The molecule has 0 aromatic heterocycles. The van der Waals surface area contributed by atoms with E-state index in [2.05, 4.69) is 50.2 Å². The Morgan fingerprint density at radius 2 is 1.36 bits per heavy atom. The van der Waals surface area contributed by atoms with Gasteiger partial charge in [-0.2, -0.15) is 0 Å². The van der Waals surface area contributed by atoms with E-state index in [4.69, 9.17) is 0 Å². The maximum atomic E-state index is 12.8. The number of nitrogens with zero attached hydrogens (tertiary/aromatic N) is 1. The van der Waals surface area contributed by atoms with Crippen LogP contribution in [0.3, 0.4) is 0 Å². The van der Waals surface area contributed by atoms with Crippen molar-refractivity contribution in [2.24, 2.45) is 0 Å². The Morgan fingerprint density at radius 1 is 0.955 bits per heavy atom. The van der Waals surface area contributed by atoms with Gasteiger partial charge >= 0.3 is 0 Å². The maximum absolute atomic E-state index is 12.8. The lowest BCUT2D eigenvalue weighted by molar-refractivity contribution is -0.121. The van der Waals surface area contributed by atoms with Crippen LogP contribution in [-0.2, 0) is 10.2 Å². The SMILES string of the molecule is CC(=O)C(CC(C)N(C)C)(c1ccccc1)c1ccccc1. The fourth-order valence-electron chi connectivity index (χ4n) is 3.02. The quantitative estimate of drug-likeness (QED) is 0.805. The van der Waals surface area contributed by atoms with Crippen LogP contribution in [0.25, 0.3) is 0 Å². The van der Waals surface area contributed by atoms with Crippen LogP contribution in [0.2, 0.25) is 0 Å². The Balaban J connectivity index is 2.63. The zero-order chi connectivity index (χ0) is 16.2. The molecule has 0 spiro atoms. The molecule has 0 N–H and O–H groups in total. The minimum Gasteiger partial charge on any atom is -0.307 e. The standard InChI is InChI=1S/C20H25NO/c1-16(21(3)4)15-20(17(2)22,18-11-7-5-8-12-18)19-13-9-6-10-14-19/h5-14,16H,15H2,1-4H3. The van der Waals surface area contributed by atoms with E-state index in [0.29, 0.717) is 6.04 Å². The molecular formula is C20H25NO. The lowest BCUT2D eigenvalue weighted by Crippen LogP contribution is -2.42. The van der Waals surface area contributed by atoms with Crippen molar-refractivity contribution in [3.8, 4) is 0 Å². The largest absolute Gasteiger partial charge is 0.307 e. The summed E-state index contributed by atoms with van der Waals surface area (Å²) in [6.07, 6.45) is 0.767. The van der Waals surface area contributed by atoms with E-state index >= 15 is 0 Å². The average Bonchev–Trinajstić information content (AvgIpc) is 2.53. The molecular weight excluding hydrogens is 270 g/mol. The normalized spacial score (nSPS) is 13.1. The monoisotopic (exact) mass is 295 g/mol. The first-order valence-corrected chi connectivity index (χ1v) is 7.77. The Kier molecular flexibility index (Phi) is 5.15. The van der Waals surface area contributed by atoms with Gasteiger partial charge in [0.2, 0.25) is 0 Å². The van der Waals surface area contributed by atoms with Crippen molar-refractivity contribution in [1.29, 1.82) is 0 Å². The van der Waals surface area contributed by atoms with E-state index in [9.17, 15) is 4.79 Å². The summed E-state index contributed by atoms with van der Waals surface area (Å²) in [6, 6.07) is 20.6. The second kappa shape index (κ2) is 6.89. The van der Waals surface area contributed by atoms with Crippen LogP contribution in [0.15, 0.2) is 60.7 Å². The fourth-order valence-corrected chi connectivity index (χ4v) is 3.02. The summed E-state index contributed by atoms with van der Waals surface area (Å²) in [5, 5.41) is 0. The molecule has 0 aliphatic carbocycles. The van der Waals surface area contributed by atoms with Crippen LogP contribution in [0.4, 0.5) is 0 Å². The molecule has 2 aromatic carbocycles. The van der Waals surface area contributed by atoms with Gasteiger partial charge in [0, 0.05) is 6.04 Å². The molecule has 22 heavy (non-hydrogen) atoms. The van der Waals surface area contributed by atoms with Crippen LogP contribution in [0, 0.1) is 0 Å². The molecule has 2 aromatic rings. The first kappa shape index (κ1) is 16.4. The lowest BCUT2D eigenvalue weighted by atomic mass is 9.68. The summed E-state index contributed by atoms with van der Waals surface area (Å²) in [7, 11) is 4.12. The highest BCUT2D eigenvalue weighted by atomic mass is 16.1. The Labute approximate surface area is 133 Å². The van der Waals surface area contributed by atoms with Crippen molar-refractivity contribution in [3.05, 3.63) is 71.8 Å². The second-order valence-corrected chi connectivity index (χ2v) is 6.21. The molecule has 0 aliphatic rings. The molecule has 0 saturated heterocycles. The summed E-state index contributed by atoms with van der Waals surface area (Å²) in [4.78, 5) is 15.0. The summed E-state index contributed by atoms with van der Waals surface area (Å²) in [6.45, 7) is 3.88. The van der Waals surface area contributed by atoms with Crippen LogP contribution in [0.1, 0.15) is 31.4 Å². The van der Waals surface area contributed by atoms with Gasteiger partial charge in [-0.3, -0.25) is 4.79 Å². The number of benzene rings is 2. The second-order valence-electron chi connectivity index (χ2n) is 6.21. The van der Waals surface area contributed by atoms with Crippen molar-refractivity contribution >= 4 is 5.78 Å². The highest BCUT2D eigenvalue weighted by molar-refractivity contribution is 5.92. The fraction of sp³-hybridized carbons (Fsp3) is 0.350. The van der Waals surface area contributed by atoms with Crippen molar-refractivity contribution in [1.82, 2.24) is 4.90 Å². The third-order valence-corrected chi connectivity index (χ3v) is 4.62. The van der Waals surface area contributed by atoms with Crippen molar-refractivity contribution in [2.45, 2.75) is 31.7 Å². The molecule has 116 valence electrons. The van der Waals surface area contributed by atoms with Crippen LogP contribution in [0.5, 0.6) is 0 Å². The number of carbonyl (C=O) groups excluding carboxylic acids is 1. The van der Waals surface area contributed by atoms with Gasteiger partial charge in [-0.1, -0.05) is 60.7 Å². The smallest absolute Gasteiger partial charge is 0.144 e. The van der Waals surface area contributed by atoms with E-state index in [-0.39, 0.29) is 5.78 Å². The van der Waals surface area contributed by atoms with E-state index in [1.807, 2.05) is 36.4 Å². The highest BCUT2D eigenvalue weighted by Crippen LogP contribution is 2.38. The molecule has 0 fully saturated rings. The molecule has 0 amide bonds. The van der Waals surface area contributed by atoms with Gasteiger partial charge in [0.25, 0.3) is 0 Å². The van der Waals surface area contributed by atoms with Gasteiger partial charge in [-0.15, -0.1) is 0 Å². The molecule has 0 heterocycles. The molecule has 0 aliphatic heterocycles. The van der Waals surface area contributed by atoms with E-state index in [1.54, 1.807) is 6.92 Å². The summed E-state index contributed by atoms with van der Waals surface area (Å²) in [5.41, 5.74) is 1.55. The minimum absolute atomic E-state index is 0.193. The zero-order valence-corrected chi connectivity index (χ0v) is 13.9. The van der Waals surface area contributed by atoms with Crippen LogP contribution >= 0.6 is 0 Å². The molecule has 1 unspecified atom stereocenters. The number of Topliss-reactive ketones (excluding diaryl/α,β-unsaturated/α-hetero) is 1. The summed E-state index contributed by atoms with van der Waals surface area (Å²) in [5.74, 6) is 0.193. The van der Waals surface area contributed by atoms with Crippen LogP contribution in [-0.4, -0.2) is 30.8 Å². The molecule has 1 atom stereocenters. The lowest BCUT2D eigenvalue weighted by Gasteiger charge is -2.37. The minimum atomic E-state index is -0.591. The number of hydrogen-bond acceptors (Lipinski definition) is 2. The highest BCUT2D eigenvalue weighted by Gasteiger charge is 2.40. The molecule has 2 nitrogen and oxygen atoms in total. The predicted molar refractivity (Wildman–Crippen MR) is 92.1 cm³/mol. The number of rotatable bonds is 6. The van der Waals surface area contributed by atoms with Gasteiger partial charge in [0.1, 0.15) is 5.78 Å². The number of carbonyl (C=O) groups is 1. The topological polar surface area (TPSA) is 20.3 Å². The average molecular weight is 295 g/mol.